The molecule has 0 unspecified atom stereocenters. The first-order valence-electron chi connectivity index (χ1n) is 6.45. The van der Waals surface area contributed by atoms with E-state index < -0.39 is 0 Å². The summed E-state index contributed by atoms with van der Waals surface area (Å²) in [5.41, 5.74) is 0.921. The van der Waals surface area contributed by atoms with E-state index in [1.54, 1.807) is 12.2 Å². The van der Waals surface area contributed by atoms with Crippen molar-refractivity contribution in [1.82, 2.24) is 5.32 Å². The van der Waals surface area contributed by atoms with Gasteiger partial charge in [0.15, 0.2) is 0 Å². The minimum absolute atomic E-state index is 0.0604. The molecule has 1 rings (SSSR count). The summed E-state index contributed by atoms with van der Waals surface area (Å²) in [5, 5.41) is 2.84. The van der Waals surface area contributed by atoms with Crippen LogP contribution in [-0.4, -0.2) is 19.1 Å². The molecular formula is C15H21NO2. The summed E-state index contributed by atoms with van der Waals surface area (Å²) < 4.78 is 5.48. The Bertz CT molecular complexity index is 399. The number of rotatable bonds is 7. The molecule has 1 aromatic rings. The van der Waals surface area contributed by atoms with Crippen LogP contribution in [0.5, 0.6) is 5.75 Å². The monoisotopic (exact) mass is 247 g/mol. The van der Waals surface area contributed by atoms with Crippen molar-refractivity contribution in [1.29, 1.82) is 0 Å². The van der Waals surface area contributed by atoms with Crippen LogP contribution in [0.25, 0.3) is 6.08 Å². The Morgan fingerprint density at radius 3 is 2.83 bits per heavy atom. The molecule has 3 nitrogen and oxygen atoms in total. The molecule has 0 aliphatic heterocycles. The largest absolute Gasteiger partial charge is 0.493 e. The molecule has 0 aromatic heterocycles. The van der Waals surface area contributed by atoms with Crippen molar-refractivity contribution < 1.29 is 9.53 Å². The first-order chi connectivity index (χ1) is 8.77. The number of amides is 1. The van der Waals surface area contributed by atoms with Crippen molar-refractivity contribution >= 4 is 12.0 Å². The first-order valence-corrected chi connectivity index (χ1v) is 6.45. The molecule has 0 aliphatic carbocycles. The molecule has 1 aromatic carbocycles. The molecule has 0 saturated heterocycles. The number of ether oxygens (including phenoxy) is 1. The number of hydrogen-bond donors (Lipinski definition) is 1. The van der Waals surface area contributed by atoms with Crippen molar-refractivity contribution in [3.8, 4) is 5.75 Å². The standard InChI is InChI=1S/C15H21NO2/c1-3-5-12-16-15(17)11-10-13-8-6-7-9-14(13)18-4-2/h6-11H,3-5,12H2,1-2H3,(H,16,17)/b11-10+. The van der Waals surface area contributed by atoms with Gasteiger partial charge in [0.05, 0.1) is 6.61 Å². The SMILES string of the molecule is CCCCNC(=O)/C=C/c1ccccc1OCC. The van der Waals surface area contributed by atoms with Gasteiger partial charge >= 0.3 is 0 Å². The molecule has 0 saturated carbocycles. The molecule has 0 heterocycles. The van der Waals surface area contributed by atoms with E-state index in [1.807, 2.05) is 31.2 Å². The summed E-state index contributed by atoms with van der Waals surface area (Å²) in [6.45, 7) is 5.39. The molecule has 3 heteroatoms. The number of nitrogens with one attached hydrogen (secondary N) is 1. The highest BCUT2D eigenvalue weighted by Crippen LogP contribution is 2.19. The molecule has 18 heavy (non-hydrogen) atoms. The number of carbonyl (C=O) groups excluding carboxylic acids is 1. The van der Waals surface area contributed by atoms with Gasteiger partial charge in [0.25, 0.3) is 0 Å². The topological polar surface area (TPSA) is 38.3 Å². The van der Waals surface area contributed by atoms with Gasteiger partial charge in [-0.3, -0.25) is 4.79 Å². The summed E-state index contributed by atoms with van der Waals surface area (Å²) in [4.78, 5) is 11.5. The summed E-state index contributed by atoms with van der Waals surface area (Å²) in [6, 6.07) is 7.68. The van der Waals surface area contributed by atoms with Crippen LogP contribution in [0.4, 0.5) is 0 Å². The van der Waals surface area contributed by atoms with Crippen LogP contribution in [-0.2, 0) is 4.79 Å². The molecule has 0 aliphatic rings. The van der Waals surface area contributed by atoms with Crippen LogP contribution in [0.3, 0.4) is 0 Å². The fourth-order valence-corrected chi connectivity index (χ4v) is 1.52. The molecular weight excluding hydrogens is 226 g/mol. The highest BCUT2D eigenvalue weighted by atomic mass is 16.5. The lowest BCUT2D eigenvalue weighted by molar-refractivity contribution is -0.116. The van der Waals surface area contributed by atoms with Gasteiger partial charge in [0.2, 0.25) is 5.91 Å². The van der Waals surface area contributed by atoms with Gasteiger partial charge in [-0.1, -0.05) is 31.5 Å². The Labute approximate surface area is 109 Å². The summed E-state index contributed by atoms with van der Waals surface area (Å²) in [6.07, 6.45) is 5.42. The highest BCUT2D eigenvalue weighted by Gasteiger charge is 1.99. The maximum Gasteiger partial charge on any atom is 0.244 e. The van der Waals surface area contributed by atoms with E-state index in [9.17, 15) is 4.79 Å². The Balaban J connectivity index is 2.57. The van der Waals surface area contributed by atoms with E-state index in [2.05, 4.69) is 12.2 Å². The van der Waals surface area contributed by atoms with Crippen LogP contribution in [0.15, 0.2) is 30.3 Å². The fourth-order valence-electron chi connectivity index (χ4n) is 1.52. The van der Waals surface area contributed by atoms with Crippen molar-refractivity contribution in [3.05, 3.63) is 35.9 Å². The predicted octanol–water partition coefficient (Wildman–Crippen LogP) is 3.01. The minimum atomic E-state index is -0.0604. The molecule has 0 fully saturated rings. The summed E-state index contributed by atoms with van der Waals surface area (Å²) >= 11 is 0. The fraction of sp³-hybridized carbons (Fsp3) is 0.400. The molecule has 0 radical (unpaired) electrons. The third-order valence-corrected chi connectivity index (χ3v) is 2.46. The lowest BCUT2D eigenvalue weighted by Gasteiger charge is -2.06. The lowest BCUT2D eigenvalue weighted by atomic mass is 10.2. The molecule has 0 bridgehead atoms. The van der Waals surface area contributed by atoms with E-state index >= 15 is 0 Å². The van der Waals surface area contributed by atoms with E-state index in [1.165, 1.54) is 0 Å². The Hall–Kier alpha value is -1.77. The second-order valence-corrected chi connectivity index (χ2v) is 3.95. The Morgan fingerprint density at radius 1 is 1.33 bits per heavy atom. The van der Waals surface area contributed by atoms with Crippen molar-refractivity contribution in [2.75, 3.05) is 13.2 Å². The normalized spacial score (nSPS) is 10.6. The quantitative estimate of drug-likeness (QED) is 0.594. The van der Waals surface area contributed by atoms with Crippen molar-refractivity contribution in [3.63, 3.8) is 0 Å². The van der Waals surface area contributed by atoms with Gasteiger partial charge in [-0.25, -0.2) is 0 Å². The Morgan fingerprint density at radius 2 is 2.11 bits per heavy atom. The van der Waals surface area contributed by atoms with Crippen LogP contribution in [0.2, 0.25) is 0 Å². The predicted molar refractivity (Wildman–Crippen MR) is 74.6 cm³/mol. The number of hydrogen-bond acceptors (Lipinski definition) is 2. The molecule has 0 atom stereocenters. The molecule has 98 valence electrons. The number of carbonyl (C=O) groups is 1. The minimum Gasteiger partial charge on any atom is -0.493 e. The molecule has 0 spiro atoms. The van der Waals surface area contributed by atoms with E-state index in [-0.39, 0.29) is 5.91 Å². The lowest BCUT2D eigenvalue weighted by Crippen LogP contribution is -2.21. The highest BCUT2D eigenvalue weighted by molar-refractivity contribution is 5.92. The van der Waals surface area contributed by atoms with Crippen LogP contribution < -0.4 is 10.1 Å². The number of unbranched alkanes of at least 4 members (excludes halogenated alkanes) is 1. The van der Waals surface area contributed by atoms with Crippen LogP contribution in [0, 0.1) is 0 Å². The van der Waals surface area contributed by atoms with Gasteiger partial charge < -0.3 is 10.1 Å². The molecule has 1 N–H and O–H groups in total. The maximum absolute atomic E-state index is 11.5. The van der Waals surface area contributed by atoms with Gasteiger partial charge in [-0.2, -0.15) is 0 Å². The second kappa shape index (κ2) is 8.34. The van der Waals surface area contributed by atoms with Gasteiger partial charge in [-0.15, -0.1) is 0 Å². The van der Waals surface area contributed by atoms with E-state index in [4.69, 9.17) is 4.74 Å². The van der Waals surface area contributed by atoms with E-state index in [0.717, 1.165) is 30.7 Å². The first kappa shape index (κ1) is 14.3. The zero-order chi connectivity index (χ0) is 13.2. The Kier molecular flexibility index (Phi) is 6.62. The van der Waals surface area contributed by atoms with Gasteiger partial charge in [0, 0.05) is 18.2 Å². The zero-order valence-corrected chi connectivity index (χ0v) is 11.1. The average Bonchev–Trinajstić information content (AvgIpc) is 2.38. The van der Waals surface area contributed by atoms with Gasteiger partial charge in [0.1, 0.15) is 5.75 Å². The third-order valence-electron chi connectivity index (χ3n) is 2.46. The van der Waals surface area contributed by atoms with Crippen molar-refractivity contribution in [2.24, 2.45) is 0 Å². The van der Waals surface area contributed by atoms with Crippen molar-refractivity contribution in [2.45, 2.75) is 26.7 Å². The average molecular weight is 247 g/mol. The molecule has 1 amide bonds. The zero-order valence-electron chi connectivity index (χ0n) is 11.1. The third kappa shape index (κ3) is 5.04. The number of benzene rings is 1. The number of para-hydroxylation sites is 1. The van der Waals surface area contributed by atoms with Crippen LogP contribution >= 0.6 is 0 Å². The summed E-state index contributed by atoms with van der Waals surface area (Å²) in [7, 11) is 0. The van der Waals surface area contributed by atoms with Crippen LogP contribution in [0.1, 0.15) is 32.3 Å². The van der Waals surface area contributed by atoms with Gasteiger partial charge in [-0.05, 0) is 25.5 Å². The second-order valence-electron chi connectivity index (χ2n) is 3.95. The summed E-state index contributed by atoms with van der Waals surface area (Å²) in [5.74, 6) is 0.743. The smallest absolute Gasteiger partial charge is 0.244 e. The van der Waals surface area contributed by atoms with E-state index in [0.29, 0.717) is 6.61 Å². The maximum atomic E-state index is 11.5.